The fourth-order valence-corrected chi connectivity index (χ4v) is 2.03. The summed E-state index contributed by atoms with van der Waals surface area (Å²) in [4.78, 5) is 27.9. The van der Waals surface area contributed by atoms with Crippen LogP contribution < -0.4 is 5.56 Å². The topological polar surface area (TPSA) is 53.2 Å². The molecule has 1 saturated heterocycles. The van der Waals surface area contributed by atoms with Crippen molar-refractivity contribution in [2.45, 2.75) is 25.7 Å². The van der Waals surface area contributed by atoms with Crippen LogP contribution in [0.15, 0.2) is 23.1 Å². The van der Waals surface area contributed by atoms with Crippen molar-refractivity contribution in [3.8, 4) is 0 Å². The molecule has 1 aromatic heterocycles. The van der Waals surface area contributed by atoms with Crippen molar-refractivity contribution in [1.82, 2.24) is 9.88 Å². The van der Waals surface area contributed by atoms with E-state index in [0.29, 0.717) is 0 Å². The number of likely N-dealkylation sites (tertiary alicyclic amines) is 1. The van der Waals surface area contributed by atoms with Crippen LogP contribution in [0, 0.1) is 0 Å². The molecule has 16 heavy (non-hydrogen) atoms. The smallest absolute Gasteiger partial charge is 0.260 e. The molecule has 1 aromatic rings. The monoisotopic (exact) mass is 220 g/mol. The van der Waals surface area contributed by atoms with E-state index < -0.39 is 0 Å². The van der Waals surface area contributed by atoms with Gasteiger partial charge in [-0.25, -0.2) is 0 Å². The predicted molar refractivity (Wildman–Crippen MR) is 61.4 cm³/mol. The maximum absolute atomic E-state index is 12.1. The Hall–Kier alpha value is -1.58. The van der Waals surface area contributed by atoms with E-state index in [-0.39, 0.29) is 17.0 Å². The van der Waals surface area contributed by atoms with E-state index in [1.807, 2.05) is 0 Å². The van der Waals surface area contributed by atoms with Gasteiger partial charge in [-0.2, -0.15) is 0 Å². The van der Waals surface area contributed by atoms with Crippen LogP contribution in [0.2, 0.25) is 0 Å². The minimum Gasteiger partial charge on any atom is -0.338 e. The Labute approximate surface area is 94.3 Å². The van der Waals surface area contributed by atoms with Crippen molar-refractivity contribution < 1.29 is 4.79 Å². The van der Waals surface area contributed by atoms with Crippen LogP contribution in [0.1, 0.15) is 36.0 Å². The second kappa shape index (κ2) is 4.96. The average Bonchev–Trinajstić information content (AvgIpc) is 2.57. The zero-order valence-corrected chi connectivity index (χ0v) is 9.24. The van der Waals surface area contributed by atoms with Crippen LogP contribution in [-0.4, -0.2) is 28.9 Å². The molecule has 1 aliphatic rings. The standard InChI is InChI=1S/C12H16N2O2/c15-11-10(6-5-7-13-11)12(16)14-8-3-1-2-4-9-14/h5-7H,1-4,8-9H2,(H,13,15). The zero-order chi connectivity index (χ0) is 11.4. The zero-order valence-electron chi connectivity index (χ0n) is 9.24. The molecule has 0 unspecified atom stereocenters. The molecular weight excluding hydrogens is 204 g/mol. The largest absolute Gasteiger partial charge is 0.338 e. The van der Waals surface area contributed by atoms with Crippen molar-refractivity contribution in [3.05, 3.63) is 34.2 Å². The molecule has 0 aliphatic carbocycles. The molecule has 0 aromatic carbocycles. The van der Waals surface area contributed by atoms with Gasteiger partial charge in [-0.1, -0.05) is 12.8 Å². The fourth-order valence-electron chi connectivity index (χ4n) is 2.03. The van der Waals surface area contributed by atoms with Crippen LogP contribution >= 0.6 is 0 Å². The van der Waals surface area contributed by atoms with Crippen molar-refractivity contribution >= 4 is 5.91 Å². The number of H-pyrrole nitrogens is 1. The lowest BCUT2D eigenvalue weighted by molar-refractivity contribution is 0.0760. The van der Waals surface area contributed by atoms with Crippen molar-refractivity contribution in [3.63, 3.8) is 0 Å². The second-order valence-electron chi connectivity index (χ2n) is 4.12. The molecule has 0 radical (unpaired) electrons. The molecule has 4 nitrogen and oxygen atoms in total. The van der Waals surface area contributed by atoms with Gasteiger partial charge in [0.25, 0.3) is 11.5 Å². The second-order valence-corrected chi connectivity index (χ2v) is 4.12. The first kappa shape index (κ1) is 10.9. The first-order valence-electron chi connectivity index (χ1n) is 5.76. The number of rotatable bonds is 1. The van der Waals surface area contributed by atoms with E-state index in [1.165, 1.54) is 12.8 Å². The Morgan fingerprint density at radius 2 is 1.88 bits per heavy atom. The summed E-state index contributed by atoms with van der Waals surface area (Å²) in [7, 11) is 0. The summed E-state index contributed by atoms with van der Waals surface area (Å²) in [6.07, 6.45) is 5.97. The number of aromatic nitrogens is 1. The van der Waals surface area contributed by atoms with Crippen LogP contribution in [0.5, 0.6) is 0 Å². The van der Waals surface area contributed by atoms with Crippen LogP contribution in [0.4, 0.5) is 0 Å². The number of carbonyl (C=O) groups excluding carboxylic acids is 1. The third kappa shape index (κ3) is 2.32. The molecule has 2 heterocycles. The highest BCUT2D eigenvalue weighted by Gasteiger charge is 2.19. The fraction of sp³-hybridized carbons (Fsp3) is 0.500. The normalized spacial score (nSPS) is 16.9. The number of nitrogens with zero attached hydrogens (tertiary/aromatic N) is 1. The van der Waals surface area contributed by atoms with Gasteiger partial charge in [0, 0.05) is 19.3 Å². The van der Waals surface area contributed by atoms with E-state index in [1.54, 1.807) is 23.2 Å². The number of hydrogen-bond donors (Lipinski definition) is 1. The van der Waals surface area contributed by atoms with Gasteiger partial charge in [-0.3, -0.25) is 9.59 Å². The molecule has 1 fully saturated rings. The highest BCUT2D eigenvalue weighted by molar-refractivity contribution is 5.93. The highest BCUT2D eigenvalue weighted by atomic mass is 16.2. The molecule has 0 bridgehead atoms. The quantitative estimate of drug-likeness (QED) is 0.777. The lowest BCUT2D eigenvalue weighted by Crippen LogP contribution is -2.35. The Balaban J connectivity index is 2.18. The molecule has 2 rings (SSSR count). The first-order chi connectivity index (χ1) is 7.79. The number of amides is 1. The van der Waals surface area contributed by atoms with Gasteiger partial charge in [0.05, 0.1) is 0 Å². The van der Waals surface area contributed by atoms with Gasteiger partial charge < -0.3 is 9.88 Å². The summed E-state index contributed by atoms with van der Waals surface area (Å²) in [6.45, 7) is 1.54. The van der Waals surface area contributed by atoms with Crippen LogP contribution in [0.3, 0.4) is 0 Å². The van der Waals surface area contributed by atoms with Crippen LogP contribution in [0.25, 0.3) is 0 Å². The summed E-state index contributed by atoms with van der Waals surface area (Å²) < 4.78 is 0. The summed E-state index contributed by atoms with van der Waals surface area (Å²) in [6, 6.07) is 3.28. The number of pyridine rings is 1. The third-order valence-corrected chi connectivity index (χ3v) is 2.94. The van der Waals surface area contributed by atoms with E-state index in [2.05, 4.69) is 4.98 Å². The van der Waals surface area contributed by atoms with Crippen molar-refractivity contribution in [1.29, 1.82) is 0 Å². The van der Waals surface area contributed by atoms with Gasteiger partial charge in [-0.15, -0.1) is 0 Å². The SMILES string of the molecule is O=C(c1ccc[nH]c1=O)N1CCCCCC1. The van der Waals surface area contributed by atoms with Crippen LogP contribution in [-0.2, 0) is 0 Å². The Kier molecular flexibility index (Phi) is 3.39. The Morgan fingerprint density at radius 3 is 2.50 bits per heavy atom. The van der Waals surface area contributed by atoms with E-state index in [0.717, 1.165) is 25.9 Å². The number of carbonyl (C=O) groups is 1. The Bertz CT molecular complexity index is 417. The van der Waals surface area contributed by atoms with E-state index in [4.69, 9.17) is 0 Å². The van der Waals surface area contributed by atoms with Gasteiger partial charge in [-0.05, 0) is 25.0 Å². The summed E-state index contributed by atoms with van der Waals surface area (Å²) in [5.41, 5.74) is -0.0406. The molecular formula is C12H16N2O2. The molecule has 1 aliphatic heterocycles. The molecule has 0 atom stereocenters. The van der Waals surface area contributed by atoms with E-state index >= 15 is 0 Å². The minimum absolute atomic E-state index is 0.135. The van der Waals surface area contributed by atoms with Gasteiger partial charge >= 0.3 is 0 Å². The summed E-state index contributed by atoms with van der Waals surface area (Å²) >= 11 is 0. The molecule has 1 amide bonds. The van der Waals surface area contributed by atoms with Gasteiger partial charge in [0.1, 0.15) is 5.56 Å². The Morgan fingerprint density at radius 1 is 1.19 bits per heavy atom. The third-order valence-electron chi connectivity index (χ3n) is 2.94. The lowest BCUT2D eigenvalue weighted by Gasteiger charge is -2.19. The number of nitrogens with one attached hydrogen (secondary N) is 1. The number of hydrogen-bond acceptors (Lipinski definition) is 2. The maximum Gasteiger partial charge on any atom is 0.260 e. The molecule has 0 spiro atoms. The van der Waals surface area contributed by atoms with Gasteiger partial charge in [0.2, 0.25) is 0 Å². The molecule has 1 N–H and O–H groups in total. The van der Waals surface area contributed by atoms with Crippen molar-refractivity contribution in [2.75, 3.05) is 13.1 Å². The predicted octanol–water partition coefficient (Wildman–Crippen LogP) is 1.39. The van der Waals surface area contributed by atoms with Gasteiger partial charge in [0.15, 0.2) is 0 Å². The maximum atomic E-state index is 12.1. The van der Waals surface area contributed by atoms with Crippen molar-refractivity contribution in [2.24, 2.45) is 0 Å². The average molecular weight is 220 g/mol. The lowest BCUT2D eigenvalue weighted by atomic mass is 10.2. The van der Waals surface area contributed by atoms with E-state index in [9.17, 15) is 9.59 Å². The minimum atomic E-state index is -0.295. The molecule has 0 saturated carbocycles. The first-order valence-corrected chi connectivity index (χ1v) is 5.76. The summed E-state index contributed by atoms with van der Waals surface area (Å²) in [5.74, 6) is -0.135. The molecule has 86 valence electrons. The highest BCUT2D eigenvalue weighted by Crippen LogP contribution is 2.11. The number of aromatic amines is 1. The summed E-state index contributed by atoms with van der Waals surface area (Å²) in [5, 5.41) is 0. The molecule has 4 heteroatoms.